The van der Waals surface area contributed by atoms with E-state index in [9.17, 15) is 4.79 Å². The summed E-state index contributed by atoms with van der Waals surface area (Å²) in [5, 5.41) is 2.93. The third-order valence-corrected chi connectivity index (χ3v) is 3.23. The molecule has 0 aliphatic rings. The second-order valence-electron chi connectivity index (χ2n) is 7.98. The number of hydrogen-bond donors (Lipinski definition) is 2. The van der Waals surface area contributed by atoms with Crippen LogP contribution in [0.1, 0.15) is 55.4 Å². The largest absolute Gasteiger partial charge is 0.444 e. The highest BCUT2D eigenvalue weighted by Gasteiger charge is 2.27. The molecule has 0 aliphatic carbocycles. The fourth-order valence-corrected chi connectivity index (χ4v) is 2.54. The number of nitrogens with zero attached hydrogens (tertiary/aromatic N) is 1. The molecule has 0 aromatic carbocycles. The Morgan fingerprint density at radius 2 is 1.55 bits per heavy atom. The topological polar surface area (TPSA) is 67.6 Å². The molecule has 132 valence electrons. The quantitative estimate of drug-likeness (QED) is 0.723. The molecule has 0 saturated heterocycles. The molecule has 5 nitrogen and oxygen atoms in total. The van der Waals surface area contributed by atoms with Gasteiger partial charge in [0.15, 0.2) is 0 Å². The average molecular weight is 316 g/mol. The highest BCUT2D eigenvalue weighted by Crippen LogP contribution is 2.12. The molecule has 0 rings (SSSR count). The molecule has 0 saturated carbocycles. The fourth-order valence-electron chi connectivity index (χ4n) is 2.54. The van der Waals surface area contributed by atoms with E-state index in [1.165, 1.54) is 0 Å². The first kappa shape index (κ1) is 21.2. The number of ether oxygens (including phenoxy) is 1. The van der Waals surface area contributed by atoms with Gasteiger partial charge in [-0.05, 0) is 39.5 Å². The van der Waals surface area contributed by atoms with Crippen LogP contribution in [0.3, 0.4) is 0 Å². The second-order valence-corrected chi connectivity index (χ2v) is 7.98. The Labute approximate surface area is 137 Å². The van der Waals surface area contributed by atoms with Crippen LogP contribution in [0.5, 0.6) is 0 Å². The first-order valence-electron chi connectivity index (χ1n) is 8.39. The van der Waals surface area contributed by atoms with Gasteiger partial charge in [0.25, 0.3) is 0 Å². The molecule has 0 radical (unpaired) electrons. The lowest BCUT2D eigenvalue weighted by atomic mass is 10.0. The average Bonchev–Trinajstić information content (AvgIpc) is 2.24. The first-order chi connectivity index (χ1) is 9.96. The van der Waals surface area contributed by atoms with E-state index in [1.807, 2.05) is 27.7 Å². The molecular formula is C17H37N3O2. The number of rotatable bonds is 8. The molecule has 1 amide bonds. The molecule has 3 N–H and O–H groups in total. The van der Waals surface area contributed by atoms with Gasteiger partial charge >= 0.3 is 6.09 Å². The normalized spacial score (nSPS) is 15.3. The third kappa shape index (κ3) is 9.26. The van der Waals surface area contributed by atoms with Crippen LogP contribution < -0.4 is 11.1 Å². The van der Waals surface area contributed by atoms with Crippen LogP contribution in [0.4, 0.5) is 4.79 Å². The van der Waals surface area contributed by atoms with Crippen LogP contribution in [0, 0.1) is 11.8 Å². The van der Waals surface area contributed by atoms with Gasteiger partial charge in [0.1, 0.15) is 5.60 Å². The highest BCUT2D eigenvalue weighted by atomic mass is 16.6. The predicted octanol–water partition coefficient (Wildman–Crippen LogP) is 2.84. The summed E-state index contributed by atoms with van der Waals surface area (Å²) in [7, 11) is 0. The van der Waals surface area contributed by atoms with E-state index in [2.05, 4.69) is 37.9 Å². The number of amides is 1. The maximum absolute atomic E-state index is 12.0. The second kappa shape index (κ2) is 9.36. The Balaban J connectivity index is 4.82. The maximum Gasteiger partial charge on any atom is 0.407 e. The Bertz CT molecular complexity index is 314. The summed E-state index contributed by atoms with van der Waals surface area (Å²) in [5.74, 6) is 1.11. The maximum atomic E-state index is 12.0. The summed E-state index contributed by atoms with van der Waals surface area (Å²) in [5.41, 5.74) is 5.51. The molecule has 0 spiro atoms. The molecular weight excluding hydrogens is 278 g/mol. The Morgan fingerprint density at radius 3 is 1.86 bits per heavy atom. The summed E-state index contributed by atoms with van der Waals surface area (Å²) >= 11 is 0. The van der Waals surface area contributed by atoms with Crippen molar-refractivity contribution in [2.24, 2.45) is 17.6 Å². The molecule has 0 bridgehead atoms. The van der Waals surface area contributed by atoms with Crippen LogP contribution in [-0.2, 0) is 4.74 Å². The van der Waals surface area contributed by atoms with E-state index in [0.717, 1.165) is 13.1 Å². The van der Waals surface area contributed by atoms with Crippen LogP contribution in [-0.4, -0.2) is 48.3 Å². The van der Waals surface area contributed by atoms with Gasteiger partial charge in [-0.3, -0.25) is 4.90 Å². The van der Waals surface area contributed by atoms with Gasteiger partial charge in [-0.25, -0.2) is 4.79 Å². The van der Waals surface area contributed by atoms with Crippen LogP contribution in [0.25, 0.3) is 0 Å². The minimum atomic E-state index is -0.489. The molecule has 0 aromatic heterocycles. The van der Waals surface area contributed by atoms with E-state index < -0.39 is 5.60 Å². The number of nitrogens with two attached hydrogens (primary N) is 1. The molecule has 0 fully saturated rings. The van der Waals surface area contributed by atoms with Crippen molar-refractivity contribution in [3.63, 3.8) is 0 Å². The van der Waals surface area contributed by atoms with E-state index >= 15 is 0 Å². The monoisotopic (exact) mass is 315 g/mol. The van der Waals surface area contributed by atoms with E-state index in [1.54, 1.807) is 0 Å². The highest BCUT2D eigenvalue weighted by molar-refractivity contribution is 5.68. The standard InChI is InChI=1S/C17H37N3O2/c1-12(2)10-20(11-13(3)4)15(9-18)14(5)19-16(21)22-17(6,7)8/h12-15H,9-11,18H2,1-8H3,(H,19,21). The van der Waals surface area contributed by atoms with Gasteiger partial charge in [-0.2, -0.15) is 0 Å². The molecule has 5 heteroatoms. The zero-order valence-corrected chi connectivity index (χ0v) is 15.8. The Kier molecular flexibility index (Phi) is 9.01. The third-order valence-electron chi connectivity index (χ3n) is 3.23. The van der Waals surface area contributed by atoms with Crippen molar-refractivity contribution in [3.05, 3.63) is 0 Å². The van der Waals surface area contributed by atoms with Crippen molar-refractivity contribution in [2.45, 2.75) is 73.1 Å². The molecule has 0 heterocycles. The van der Waals surface area contributed by atoms with Crippen LogP contribution >= 0.6 is 0 Å². The van der Waals surface area contributed by atoms with E-state index in [-0.39, 0.29) is 18.2 Å². The molecule has 2 unspecified atom stereocenters. The summed E-state index contributed by atoms with van der Waals surface area (Å²) in [6.45, 7) is 18.8. The van der Waals surface area contributed by atoms with Crippen LogP contribution in [0.2, 0.25) is 0 Å². The van der Waals surface area contributed by atoms with Crippen LogP contribution in [0.15, 0.2) is 0 Å². The molecule has 22 heavy (non-hydrogen) atoms. The van der Waals surface area contributed by atoms with Gasteiger partial charge < -0.3 is 15.8 Å². The predicted molar refractivity (Wildman–Crippen MR) is 92.9 cm³/mol. The van der Waals surface area contributed by atoms with Crippen molar-refractivity contribution >= 4 is 6.09 Å². The summed E-state index contributed by atoms with van der Waals surface area (Å²) in [6, 6.07) is 0.0506. The zero-order valence-electron chi connectivity index (χ0n) is 15.8. The molecule has 0 aromatic rings. The minimum absolute atomic E-state index is 0.0580. The van der Waals surface area contributed by atoms with E-state index in [0.29, 0.717) is 18.4 Å². The lowest BCUT2D eigenvalue weighted by Crippen LogP contribution is -2.56. The Morgan fingerprint density at radius 1 is 1.09 bits per heavy atom. The Hall–Kier alpha value is -0.810. The van der Waals surface area contributed by atoms with Gasteiger partial charge in [0.2, 0.25) is 0 Å². The minimum Gasteiger partial charge on any atom is -0.444 e. The van der Waals surface area contributed by atoms with Gasteiger partial charge in [-0.1, -0.05) is 27.7 Å². The van der Waals surface area contributed by atoms with Gasteiger partial charge in [0.05, 0.1) is 0 Å². The molecule has 2 atom stereocenters. The summed E-state index contributed by atoms with van der Waals surface area (Å²) < 4.78 is 5.34. The lowest BCUT2D eigenvalue weighted by Gasteiger charge is -2.37. The number of alkyl carbamates (subject to hydrolysis) is 1. The fraction of sp³-hybridized carbons (Fsp3) is 0.941. The molecule has 0 aliphatic heterocycles. The first-order valence-corrected chi connectivity index (χ1v) is 8.39. The smallest absolute Gasteiger partial charge is 0.407 e. The zero-order chi connectivity index (χ0) is 17.5. The van der Waals surface area contributed by atoms with Gasteiger partial charge in [0, 0.05) is 31.7 Å². The summed E-state index contributed by atoms with van der Waals surface area (Å²) in [4.78, 5) is 14.4. The SMILES string of the molecule is CC(C)CN(CC(C)C)C(CN)C(C)NC(=O)OC(C)(C)C. The summed E-state index contributed by atoms with van der Waals surface area (Å²) in [6.07, 6.45) is -0.382. The van der Waals surface area contributed by atoms with Crippen molar-refractivity contribution in [3.8, 4) is 0 Å². The number of carbonyl (C=O) groups excluding carboxylic acids is 1. The lowest BCUT2D eigenvalue weighted by molar-refractivity contribution is 0.0460. The number of hydrogen-bond acceptors (Lipinski definition) is 4. The number of carbonyl (C=O) groups is 1. The van der Waals surface area contributed by atoms with Gasteiger partial charge in [-0.15, -0.1) is 0 Å². The van der Waals surface area contributed by atoms with Crippen molar-refractivity contribution < 1.29 is 9.53 Å². The van der Waals surface area contributed by atoms with Crippen molar-refractivity contribution in [2.75, 3.05) is 19.6 Å². The number of nitrogens with one attached hydrogen (secondary N) is 1. The van der Waals surface area contributed by atoms with E-state index in [4.69, 9.17) is 10.5 Å². The van der Waals surface area contributed by atoms with Crippen molar-refractivity contribution in [1.82, 2.24) is 10.2 Å². The van der Waals surface area contributed by atoms with Crippen molar-refractivity contribution in [1.29, 1.82) is 0 Å².